The van der Waals surface area contributed by atoms with Gasteiger partial charge in [-0.2, -0.15) is 17.5 Å². The highest BCUT2D eigenvalue weighted by molar-refractivity contribution is 14.0. The summed E-state index contributed by atoms with van der Waals surface area (Å²) in [6.07, 6.45) is 0.751. The van der Waals surface area contributed by atoms with Gasteiger partial charge in [0.15, 0.2) is 5.96 Å². The van der Waals surface area contributed by atoms with Crippen LogP contribution < -0.4 is 10.6 Å². The average molecular weight is 534 g/mol. The van der Waals surface area contributed by atoms with Crippen LogP contribution in [0.5, 0.6) is 0 Å². The van der Waals surface area contributed by atoms with Crippen molar-refractivity contribution in [3.05, 3.63) is 35.9 Å². The Bertz CT molecular complexity index is 722. The fourth-order valence-electron chi connectivity index (χ4n) is 2.84. The van der Waals surface area contributed by atoms with Crippen LogP contribution in [0.25, 0.3) is 0 Å². The molecule has 1 fully saturated rings. The molecular weight excluding hydrogens is 508 g/mol. The Balaban J connectivity index is 0.00000392. The zero-order chi connectivity index (χ0) is 19.9. The molecule has 28 heavy (non-hydrogen) atoms. The monoisotopic (exact) mass is 534 g/mol. The van der Waals surface area contributed by atoms with E-state index in [2.05, 4.69) is 15.6 Å². The van der Waals surface area contributed by atoms with E-state index < -0.39 is 15.5 Å². The number of nitrogens with zero attached hydrogens (tertiary/aromatic N) is 2. The summed E-state index contributed by atoms with van der Waals surface area (Å²) in [5, 5.41) is 6.32. The van der Waals surface area contributed by atoms with Crippen LogP contribution in [-0.4, -0.2) is 50.4 Å². The molecule has 6 nitrogen and oxygen atoms in total. The second-order valence-corrected chi connectivity index (χ2v) is 8.28. The van der Waals surface area contributed by atoms with Crippen molar-refractivity contribution in [3.8, 4) is 0 Å². The first-order valence-electron chi connectivity index (χ1n) is 8.86. The van der Waals surface area contributed by atoms with Crippen molar-refractivity contribution in [2.75, 3.05) is 26.2 Å². The zero-order valence-corrected chi connectivity index (χ0v) is 18.7. The number of hydrogen-bond acceptors (Lipinski definition) is 3. The number of halogens is 4. The van der Waals surface area contributed by atoms with Crippen molar-refractivity contribution in [3.63, 3.8) is 0 Å². The molecule has 1 saturated heterocycles. The van der Waals surface area contributed by atoms with E-state index in [0.717, 1.165) is 5.56 Å². The molecule has 0 bridgehead atoms. The summed E-state index contributed by atoms with van der Waals surface area (Å²) in [4.78, 5) is 4.49. The van der Waals surface area contributed by atoms with Crippen LogP contribution in [0, 0.1) is 5.92 Å². The van der Waals surface area contributed by atoms with Gasteiger partial charge in [-0.3, -0.25) is 0 Å². The Hall–Kier alpha value is -1.08. The number of aliphatic imine (C=N–C) groups is 1. The summed E-state index contributed by atoms with van der Waals surface area (Å²) >= 11 is 0. The molecular formula is C17H26F3IN4O2S. The van der Waals surface area contributed by atoms with Crippen molar-refractivity contribution in [1.29, 1.82) is 0 Å². The molecule has 1 aromatic carbocycles. The van der Waals surface area contributed by atoms with Crippen LogP contribution in [0.4, 0.5) is 13.2 Å². The van der Waals surface area contributed by atoms with Crippen LogP contribution in [0.2, 0.25) is 0 Å². The minimum absolute atomic E-state index is 0. The Morgan fingerprint density at radius 2 is 1.79 bits per heavy atom. The van der Waals surface area contributed by atoms with Gasteiger partial charge in [0.05, 0.1) is 6.54 Å². The average Bonchev–Trinajstić information content (AvgIpc) is 2.64. The third-order valence-electron chi connectivity index (χ3n) is 4.37. The highest BCUT2D eigenvalue weighted by Crippen LogP contribution is 2.30. The molecule has 0 aliphatic carbocycles. The molecule has 1 heterocycles. The van der Waals surface area contributed by atoms with Crippen molar-refractivity contribution in [2.24, 2.45) is 10.9 Å². The minimum Gasteiger partial charge on any atom is -0.357 e. The second kappa shape index (κ2) is 11.2. The lowest BCUT2D eigenvalue weighted by Crippen LogP contribution is -2.47. The molecule has 0 saturated carbocycles. The van der Waals surface area contributed by atoms with Crippen LogP contribution in [0.3, 0.4) is 0 Å². The smallest absolute Gasteiger partial charge is 0.357 e. The largest absolute Gasteiger partial charge is 0.511 e. The molecule has 0 radical (unpaired) electrons. The van der Waals surface area contributed by atoms with Gasteiger partial charge in [-0.05, 0) is 31.2 Å². The zero-order valence-electron chi connectivity index (χ0n) is 15.6. The Morgan fingerprint density at radius 1 is 1.18 bits per heavy atom. The summed E-state index contributed by atoms with van der Waals surface area (Å²) in [6, 6.07) is 9.76. The molecule has 0 unspecified atom stereocenters. The summed E-state index contributed by atoms with van der Waals surface area (Å²) in [7, 11) is -5.23. The van der Waals surface area contributed by atoms with E-state index in [0.29, 0.717) is 42.7 Å². The molecule has 0 atom stereocenters. The molecule has 2 rings (SSSR count). The van der Waals surface area contributed by atoms with E-state index in [9.17, 15) is 21.6 Å². The van der Waals surface area contributed by atoms with Crippen molar-refractivity contribution >= 4 is 40.0 Å². The number of sulfonamides is 1. The fourth-order valence-corrected chi connectivity index (χ4v) is 3.82. The van der Waals surface area contributed by atoms with Crippen LogP contribution in [0.15, 0.2) is 35.3 Å². The number of nitrogens with one attached hydrogen (secondary N) is 2. The number of benzene rings is 1. The number of guanidine groups is 1. The van der Waals surface area contributed by atoms with Gasteiger partial charge in [-0.25, -0.2) is 13.4 Å². The molecule has 1 aliphatic rings. The standard InChI is InChI=1S/C17H25F3N4O2S.HI/c1-2-21-16(22-12-14-6-4-3-5-7-14)23-13-15-8-10-24(11-9-15)27(25,26)17(18,19)20;/h3-7,15H,2,8-13H2,1H3,(H2,21,22,23);1H. The van der Waals surface area contributed by atoms with E-state index in [1.807, 2.05) is 37.3 Å². The van der Waals surface area contributed by atoms with Gasteiger partial charge in [0.1, 0.15) is 0 Å². The van der Waals surface area contributed by atoms with E-state index in [1.54, 1.807) is 0 Å². The third-order valence-corrected chi connectivity index (χ3v) is 6.00. The maximum Gasteiger partial charge on any atom is 0.511 e. The predicted octanol–water partition coefficient (Wildman–Crippen LogP) is 2.92. The maximum atomic E-state index is 12.6. The number of alkyl halides is 3. The first-order valence-corrected chi connectivity index (χ1v) is 10.3. The SMILES string of the molecule is CCNC(=NCc1ccccc1)NCC1CCN(S(=O)(=O)C(F)(F)F)CC1.I. The van der Waals surface area contributed by atoms with Gasteiger partial charge in [0, 0.05) is 26.2 Å². The summed E-state index contributed by atoms with van der Waals surface area (Å²) in [5.41, 5.74) is -4.17. The topological polar surface area (TPSA) is 73.8 Å². The summed E-state index contributed by atoms with van der Waals surface area (Å²) in [5.74, 6) is 0.719. The summed E-state index contributed by atoms with van der Waals surface area (Å²) in [6.45, 7) is 3.43. The molecule has 0 amide bonds. The van der Waals surface area contributed by atoms with E-state index >= 15 is 0 Å². The predicted molar refractivity (Wildman–Crippen MR) is 114 cm³/mol. The van der Waals surface area contributed by atoms with E-state index in [1.165, 1.54) is 0 Å². The van der Waals surface area contributed by atoms with Gasteiger partial charge in [0.2, 0.25) is 0 Å². The van der Waals surface area contributed by atoms with E-state index in [4.69, 9.17) is 0 Å². The van der Waals surface area contributed by atoms with E-state index in [-0.39, 0.29) is 43.0 Å². The second-order valence-electron chi connectivity index (χ2n) is 6.35. The Kier molecular flexibility index (Phi) is 9.98. The number of piperidine rings is 1. The highest BCUT2D eigenvalue weighted by Gasteiger charge is 2.50. The van der Waals surface area contributed by atoms with Gasteiger partial charge in [-0.1, -0.05) is 30.3 Å². The third kappa shape index (κ3) is 7.07. The molecule has 160 valence electrons. The Morgan fingerprint density at radius 3 is 2.32 bits per heavy atom. The van der Waals surface area contributed by atoms with Crippen molar-refractivity contribution in [2.45, 2.75) is 31.8 Å². The highest BCUT2D eigenvalue weighted by atomic mass is 127. The van der Waals surface area contributed by atoms with Crippen LogP contribution >= 0.6 is 24.0 Å². The fraction of sp³-hybridized carbons (Fsp3) is 0.588. The minimum atomic E-state index is -5.24. The number of rotatable bonds is 6. The van der Waals surface area contributed by atoms with Crippen LogP contribution in [-0.2, 0) is 16.6 Å². The quantitative estimate of drug-likeness (QED) is 0.335. The van der Waals surface area contributed by atoms with Crippen LogP contribution in [0.1, 0.15) is 25.3 Å². The van der Waals surface area contributed by atoms with Gasteiger partial charge >= 0.3 is 15.5 Å². The van der Waals surface area contributed by atoms with Crippen molar-refractivity contribution in [1.82, 2.24) is 14.9 Å². The molecule has 1 aromatic rings. The molecule has 11 heteroatoms. The first-order chi connectivity index (χ1) is 12.7. The lowest BCUT2D eigenvalue weighted by molar-refractivity contribution is -0.0496. The van der Waals surface area contributed by atoms with Gasteiger partial charge < -0.3 is 10.6 Å². The number of hydrogen-bond donors (Lipinski definition) is 2. The maximum absolute atomic E-state index is 12.6. The molecule has 1 aliphatic heterocycles. The molecule has 0 spiro atoms. The summed E-state index contributed by atoms with van der Waals surface area (Å²) < 4.78 is 61.2. The lowest BCUT2D eigenvalue weighted by atomic mass is 9.98. The molecule has 0 aromatic heterocycles. The van der Waals surface area contributed by atoms with Gasteiger partial charge in [-0.15, -0.1) is 24.0 Å². The molecule has 2 N–H and O–H groups in total. The lowest BCUT2D eigenvalue weighted by Gasteiger charge is -2.31. The van der Waals surface area contributed by atoms with Gasteiger partial charge in [0.25, 0.3) is 0 Å². The first kappa shape index (κ1) is 25.0. The Labute approximate surface area is 181 Å². The normalized spacial score (nSPS) is 17.1. The van der Waals surface area contributed by atoms with Crippen molar-refractivity contribution < 1.29 is 21.6 Å².